The van der Waals surface area contributed by atoms with Crippen LogP contribution in [0.1, 0.15) is 31.6 Å². The number of urea groups is 1. The summed E-state index contributed by atoms with van der Waals surface area (Å²) in [5, 5.41) is 10.5. The molecule has 104 valence electrons. The summed E-state index contributed by atoms with van der Waals surface area (Å²) in [6.07, 6.45) is 3.43. The van der Waals surface area contributed by atoms with Crippen LogP contribution in [0.4, 0.5) is 4.79 Å². The number of nitrogens with one attached hydrogen (secondary N) is 2. The summed E-state index contributed by atoms with van der Waals surface area (Å²) in [5.41, 5.74) is 0.842. The number of ether oxygens (including phenoxy) is 1. The van der Waals surface area contributed by atoms with E-state index in [9.17, 15) is 4.79 Å². The van der Waals surface area contributed by atoms with Crippen LogP contribution < -0.4 is 5.32 Å². The van der Waals surface area contributed by atoms with Gasteiger partial charge in [0.05, 0.1) is 24.8 Å². The molecule has 0 bridgehead atoms. The third-order valence-electron chi connectivity index (χ3n) is 3.16. The van der Waals surface area contributed by atoms with Crippen molar-refractivity contribution < 1.29 is 9.53 Å². The molecule has 0 saturated carbocycles. The lowest BCUT2D eigenvalue weighted by atomic mass is 10.1. The minimum Gasteiger partial charge on any atom is -0.383 e. The molecule has 0 aromatic carbocycles. The summed E-state index contributed by atoms with van der Waals surface area (Å²) >= 11 is 0. The molecule has 1 fully saturated rings. The van der Waals surface area contributed by atoms with Gasteiger partial charge in [0.2, 0.25) is 0 Å². The minimum absolute atomic E-state index is 0.184. The third kappa shape index (κ3) is 2.46. The van der Waals surface area contributed by atoms with E-state index in [2.05, 4.69) is 10.3 Å². The first-order chi connectivity index (χ1) is 9.06. The van der Waals surface area contributed by atoms with E-state index in [4.69, 9.17) is 10.1 Å². The summed E-state index contributed by atoms with van der Waals surface area (Å²) in [6.45, 7) is 4.96. The van der Waals surface area contributed by atoms with E-state index in [0.29, 0.717) is 13.2 Å². The summed E-state index contributed by atoms with van der Waals surface area (Å²) in [4.78, 5) is 17.6. The SMILES string of the molecule is COCCN1C(=O)NC(=N)C1c1cncn1C(C)C. The predicted molar refractivity (Wildman–Crippen MR) is 70.2 cm³/mol. The summed E-state index contributed by atoms with van der Waals surface area (Å²) in [6, 6.07) is -0.443. The molecule has 1 saturated heterocycles. The summed E-state index contributed by atoms with van der Waals surface area (Å²) in [7, 11) is 1.59. The topological polar surface area (TPSA) is 83.2 Å². The number of hydrogen-bond acceptors (Lipinski definition) is 4. The van der Waals surface area contributed by atoms with Crippen molar-refractivity contribution in [1.29, 1.82) is 5.41 Å². The zero-order valence-corrected chi connectivity index (χ0v) is 11.4. The van der Waals surface area contributed by atoms with E-state index in [-0.39, 0.29) is 17.9 Å². The van der Waals surface area contributed by atoms with Gasteiger partial charge in [0.15, 0.2) is 0 Å². The lowest BCUT2D eigenvalue weighted by molar-refractivity contribution is 0.149. The van der Waals surface area contributed by atoms with E-state index in [1.165, 1.54) is 0 Å². The van der Waals surface area contributed by atoms with Crippen molar-refractivity contribution in [1.82, 2.24) is 19.8 Å². The zero-order chi connectivity index (χ0) is 14.0. The third-order valence-corrected chi connectivity index (χ3v) is 3.16. The predicted octanol–water partition coefficient (Wildman–Crippen LogP) is 1.15. The molecule has 19 heavy (non-hydrogen) atoms. The van der Waals surface area contributed by atoms with E-state index in [1.807, 2.05) is 18.4 Å². The molecule has 0 spiro atoms. The Kier molecular flexibility index (Phi) is 3.84. The number of imidazole rings is 1. The molecule has 1 aliphatic heterocycles. The fourth-order valence-electron chi connectivity index (χ4n) is 2.21. The average molecular weight is 265 g/mol. The van der Waals surface area contributed by atoms with Crippen molar-refractivity contribution in [3.05, 3.63) is 18.2 Å². The van der Waals surface area contributed by atoms with Gasteiger partial charge >= 0.3 is 6.03 Å². The highest BCUT2D eigenvalue weighted by molar-refractivity contribution is 6.05. The van der Waals surface area contributed by atoms with Gasteiger partial charge in [-0.2, -0.15) is 0 Å². The standard InChI is InChI=1S/C12H19N5O2/c1-8(2)17-7-14-6-9(17)10-11(13)15-12(18)16(10)4-5-19-3/h6-8,10H,4-5H2,1-3H3,(H2,13,15,18). The Bertz CT molecular complexity index is 482. The van der Waals surface area contributed by atoms with Gasteiger partial charge in [-0.3, -0.25) is 10.7 Å². The number of amidine groups is 1. The van der Waals surface area contributed by atoms with E-state index in [0.717, 1.165) is 5.69 Å². The molecule has 1 unspecified atom stereocenters. The maximum Gasteiger partial charge on any atom is 0.323 e. The van der Waals surface area contributed by atoms with Crippen LogP contribution in [0.5, 0.6) is 0 Å². The molecule has 7 nitrogen and oxygen atoms in total. The molecule has 7 heteroatoms. The average Bonchev–Trinajstić information content (AvgIpc) is 2.91. The smallest absolute Gasteiger partial charge is 0.323 e. The Morgan fingerprint density at radius 3 is 2.95 bits per heavy atom. The van der Waals surface area contributed by atoms with Crippen LogP contribution >= 0.6 is 0 Å². The Morgan fingerprint density at radius 1 is 1.58 bits per heavy atom. The van der Waals surface area contributed by atoms with Crippen molar-refractivity contribution in [3.8, 4) is 0 Å². The van der Waals surface area contributed by atoms with Crippen LogP contribution in [0.25, 0.3) is 0 Å². The van der Waals surface area contributed by atoms with Gasteiger partial charge in [0.25, 0.3) is 0 Å². The number of nitrogens with zero attached hydrogens (tertiary/aromatic N) is 3. The van der Waals surface area contributed by atoms with Crippen LogP contribution in [0.15, 0.2) is 12.5 Å². The van der Waals surface area contributed by atoms with Gasteiger partial charge < -0.3 is 14.2 Å². The van der Waals surface area contributed by atoms with Crippen molar-refractivity contribution in [2.45, 2.75) is 25.9 Å². The first-order valence-corrected chi connectivity index (χ1v) is 6.23. The highest BCUT2D eigenvalue weighted by Gasteiger charge is 2.38. The first-order valence-electron chi connectivity index (χ1n) is 6.23. The molecule has 2 rings (SSSR count). The summed E-state index contributed by atoms with van der Waals surface area (Å²) in [5.74, 6) is 0.184. The fourth-order valence-corrected chi connectivity index (χ4v) is 2.21. The van der Waals surface area contributed by atoms with Crippen molar-refractivity contribution in [3.63, 3.8) is 0 Å². The highest BCUT2D eigenvalue weighted by Crippen LogP contribution is 2.27. The lowest BCUT2D eigenvalue weighted by Crippen LogP contribution is -2.33. The molecule has 0 radical (unpaired) electrons. The van der Waals surface area contributed by atoms with Crippen molar-refractivity contribution in [2.75, 3.05) is 20.3 Å². The van der Waals surface area contributed by atoms with Crippen LogP contribution in [-0.4, -0.2) is 46.6 Å². The van der Waals surface area contributed by atoms with Crippen LogP contribution in [0.2, 0.25) is 0 Å². The number of aromatic nitrogens is 2. The molecule has 2 heterocycles. The van der Waals surface area contributed by atoms with Crippen molar-refractivity contribution >= 4 is 11.9 Å². The zero-order valence-electron chi connectivity index (χ0n) is 11.4. The van der Waals surface area contributed by atoms with Gasteiger partial charge in [0.1, 0.15) is 11.9 Å². The fraction of sp³-hybridized carbons (Fsp3) is 0.583. The van der Waals surface area contributed by atoms with Crippen LogP contribution in [-0.2, 0) is 4.74 Å². The van der Waals surface area contributed by atoms with E-state index >= 15 is 0 Å². The Balaban J connectivity index is 2.31. The maximum atomic E-state index is 11.9. The Labute approximate surface area is 112 Å². The van der Waals surface area contributed by atoms with Gasteiger partial charge in [-0.05, 0) is 13.8 Å². The molecule has 1 aliphatic rings. The number of amides is 2. The molecular weight excluding hydrogens is 246 g/mol. The largest absolute Gasteiger partial charge is 0.383 e. The monoisotopic (exact) mass is 265 g/mol. The summed E-state index contributed by atoms with van der Waals surface area (Å²) < 4.78 is 6.99. The molecule has 1 atom stereocenters. The molecule has 1 aromatic heterocycles. The van der Waals surface area contributed by atoms with Crippen molar-refractivity contribution in [2.24, 2.45) is 0 Å². The van der Waals surface area contributed by atoms with Gasteiger partial charge in [0, 0.05) is 19.7 Å². The van der Waals surface area contributed by atoms with Crippen LogP contribution in [0, 0.1) is 5.41 Å². The molecule has 2 amide bonds. The second-order valence-corrected chi connectivity index (χ2v) is 4.75. The Hall–Kier alpha value is -1.89. The molecular formula is C12H19N5O2. The van der Waals surface area contributed by atoms with Crippen LogP contribution in [0.3, 0.4) is 0 Å². The Morgan fingerprint density at radius 2 is 2.32 bits per heavy atom. The minimum atomic E-state index is -0.410. The number of hydrogen-bond donors (Lipinski definition) is 2. The number of rotatable bonds is 5. The molecule has 2 N–H and O–H groups in total. The first kappa shape index (κ1) is 13.5. The highest BCUT2D eigenvalue weighted by atomic mass is 16.5. The van der Waals surface area contributed by atoms with Gasteiger partial charge in [-0.15, -0.1) is 0 Å². The molecule has 0 aliphatic carbocycles. The lowest BCUT2D eigenvalue weighted by Gasteiger charge is -2.24. The second-order valence-electron chi connectivity index (χ2n) is 4.75. The van der Waals surface area contributed by atoms with Gasteiger partial charge in [-0.25, -0.2) is 9.78 Å². The van der Waals surface area contributed by atoms with Gasteiger partial charge in [-0.1, -0.05) is 0 Å². The quantitative estimate of drug-likeness (QED) is 0.837. The van der Waals surface area contributed by atoms with E-state index < -0.39 is 6.04 Å². The van der Waals surface area contributed by atoms with E-state index in [1.54, 1.807) is 24.5 Å². The maximum absolute atomic E-state index is 11.9. The number of methoxy groups -OCH3 is 1. The number of carbonyl (C=O) groups is 1. The number of carbonyl (C=O) groups excluding carboxylic acids is 1. The normalized spacial score (nSPS) is 19.4. The molecule has 1 aromatic rings. The second kappa shape index (κ2) is 5.40.